The van der Waals surface area contributed by atoms with Crippen LogP contribution in [0.25, 0.3) is 0 Å². The fraction of sp³-hybridized carbons (Fsp3) is 0.250. The van der Waals surface area contributed by atoms with Crippen LogP contribution in [0, 0.1) is 0 Å². The zero-order valence-electron chi connectivity index (χ0n) is 10.9. The molecule has 3 heteroatoms. The Labute approximate surface area is 122 Å². The minimum absolute atomic E-state index is 0.682. The highest BCUT2D eigenvalue weighted by Crippen LogP contribution is 2.30. The van der Waals surface area contributed by atoms with E-state index in [1.807, 2.05) is 24.3 Å². The lowest BCUT2D eigenvalue weighted by Crippen LogP contribution is -2.01. The van der Waals surface area contributed by atoms with E-state index in [1.165, 1.54) is 5.56 Å². The second kappa shape index (κ2) is 7.19. The molecule has 0 atom stereocenters. The minimum atomic E-state index is 0.682. The van der Waals surface area contributed by atoms with Crippen LogP contribution in [0.3, 0.4) is 0 Å². The van der Waals surface area contributed by atoms with Gasteiger partial charge >= 0.3 is 0 Å². The van der Waals surface area contributed by atoms with Crippen molar-refractivity contribution in [2.75, 3.05) is 13.7 Å². The molecule has 2 rings (SSSR count). The molecule has 0 unspecified atom stereocenters. The van der Waals surface area contributed by atoms with E-state index in [1.54, 1.807) is 7.11 Å². The molecular formula is C16H17BrO2. The summed E-state index contributed by atoms with van der Waals surface area (Å²) >= 11 is 3.44. The molecule has 0 saturated carbocycles. The summed E-state index contributed by atoms with van der Waals surface area (Å²) in [6.07, 6.45) is 2.01. The maximum atomic E-state index is 5.78. The summed E-state index contributed by atoms with van der Waals surface area (Å²) in [7, 11) is 1.65. The first-order valence-corrected chi connectivity index (χ1v) is 7.09. The van der Waals surface area contributed by atoms with Gasteiger partial charge in [0.1, 0.15) is 0 Å². The molecule has 0 heterocycles. The van der Waals surface area contributed by atoms with E-state index in [0.29, 0.717) is 6.61 Å². The van der Waals surface area contributed by atoms with Crippen molar-refractivity contribution < 1.29 is 9.47 Å². The van der Waals surface area contributed by atoms with E-state index in [0.717, 1.165) is 28.8 Å². The molecular weight excluding hydrogens is 304 g/mol. The first-order chi connectivity index (χ1) is 9.29. The SMILES string of the molecule is COc1ccc(Br)cc1OCCCc1ccccc1. The van der Waals surface area contributed by atoms with Crippen molar-refractivity contribution in [2.45, 2.75) is 12.8 Å². The molecule has 0 saturated heterocycles. The van der Waals surface area contributed by atoms with Gasteiger partial charge in [-0.1, -0.05) is 46.3 Å². The number of hydrogen-bond donors (Lipinski definition) is 0. The van der Waals surface area contributed by atoms with Gasteiger partial charge in [-0.15, -0.1) is 0 Å². The van der Waals surface area contributed by atoms with Gasteiger partial charge in [0.15, 0.2) is 11.5 Å². The average molecular weight is 321 g/mol. The summed E-state index contributed by atoms with van der Waals surface area (Å²) in [4.78, 5) is 0. The van der Waals surface area contributed by atoms with Crippen molar-refractivity contribution in [3.63, 3.8) is 0 Å². The Balaban J connectivity index is 1.84. The number of rotatable bonds is 6. The molecule has 0 N–H and O–H groups in total. The third-order valence-electron chi connectivity index (χ3n) is 2.84. The zero-order valence-corrected chi connectivity index (χ0v) is 12.5. The summed E-state index contributed by atoms with van der Waals surface area (Å²) in [6, 6.07) is 16.2. The lowest BCUT2D eigenvalue weighted by molar-refractivity contribution is 0.289. The standard InChI is InChI=1S/C16H17BrO2/c1-18-15-10-9-14(17)12-16(15)19-11-5-8-13-6-3-2-4-7-13/h2-4,6-7,9-10,12H,5,8,11H2,1H3. The Kier molecular flexibility index (Phi) is 5.28. The van der Waals surface area contributed by atoms with Gasteiger partial charge in [0.05, 0.1) is 13.7 Å². The van der Waals surface area contributed by atoms with Crippen LogP contribution in [0.5, 0.6) is 11.5 Å². The van der Waals surface area contributed by atoms with Gasteiger partial charge in [-0.25, -0.2) is 0 Å². The van der Waals surface area contributed by atoms with E-state index in [9.17, 15) is 0 Å². The van der Waals surface area contributed by atoms with Crippen LogP contribution in [-0.4, -0.2) is 13.7 Å². The smallest absolute Gasteiger partial charge is 0.162 e. The predicted molar refractivity (Wildman–Crippen MR) is 81.0 cm³/mol. The molecule has 0 fully saturated rings. The molecule has 0 spiro atoms. The van der Waals surface area contributed by atoms with Gasteiger partial charge in [0.2, 0.25) is 0 Å². The first kappa shape index (κ1) is 13.9. The maximum absolute atomic E-state index is 5.78. The Morgan fingerprint density at radius 2 is 1.79 bits per heavy atom. The van der Waals surface area contributed by atoms with E-state index < -0.39 is 0 Å². The largest absolute Gasteiger partial charge is 0.493 e. The monoisotopic (exact) mass is 320 g/mol. The summed E-state index contributed by atoms with van der Waals surface area (Å²) in [5.74, 6) is 1.55. The van der Waals surface area contributed by atoms with Gasteiger partial charge in [0.25, 0.3) is 0 Å². The number of aryl methyl sites for hydroxylation is 1. The first-order valence-electron chi connectivity index (χ1n) is 6.30. The zero-order chi connectivity index (χ0) is 13.5. The van der Waals surface area contributed by atoms with Crippen LogP contribution < -0.4 is 9.47 Å². The number of benzene rings is 2. The van der Waals surface area contributed by atoms with Crippen molar-refractivity contribution in [3.8, 4) is 11.5 Å². The molecule has 100 valence electrons. The number of hydrogen-bond acceptors (Lipinski definition) is 2. The van der Waals surface area contributed by atoms with Crippen LogP contribution in [0.4, 0.5) is 0 Å². The van der Waals surface area contributed by atoms with Crippen molar-refractivity contribution in [1.29, 1.82) is 0 Å². The highest BCUT2D eigenvalue weighted by atomic mass is 79.9. The van der Waals surface area contributed by atoms with Gasteiger partial charge in [0, 0.05) is 4.47 Å². The van der Waals surface area contributed by atoms with Gasteiger partial charge in [-0.3, -0.25) is 0 Å². The molecule has 0 aliphatic carbocycles. The van der Waals surface area contributed by atoms with Crippen molar-refractivity contribution in [3.05, 3.63) is 58.6 Å². The molecule has 2 aromatic carbocycles. The Bertz CT molecular complexity index is 511. The van der Waals surface area contributed by atoms with E-state index >= 15 is 0 Å². The second-order valence-corrected chi connectivity index (χ2v) is 5.15. The Hall–Kier alpha value is -1.48. The third kappa shape index (κ3) is 4.28. The normalized spacial score (nSPS) is 10.2. The van der Waals surface area contributed by atoms with Crippen LogP contribution in [0.2, 0.25) is 0 Å². The number of ether oxygens (including phenoxy) is 2. The van der Waals surface area contributed by atoms with E-state index in [-0.39, 0.29) is 0 Å². The molecule has 2 nitrogen and oxygen atoms in total. The summed E-state index contributed by atoms with van der Waals surface area (Å²) in [5.41, 5.74) is 1.34. The molecule has 0 aliphatic rings. The molecule has 0 aliphatic heterocycles. The second-order valence-electron chi connectivity index (χ2n) is 4.23. The fourth-order valence-corrected chi connectivity index (χ4v) is 2.21. The quantitative estimate of drug-likeness (QED) is 0.731. The highest BCUT2D eigenvalue weighted by Gasteiger charge is 2.04. The molecule has 0 amide bonds. The topological polar surface area (TPSA) is 18.5 Å². The van der Waals surface area contributed by atoms with Crippen molar-refractivity contribution in [1.82, 2.24) is 0 Å². The van der Waals surface area contributed by atoms with Gasteiger partial charge in [-0.2, -0.15) is 0 Å². The van der Waals surface area contributed by atoms with E-state index in [4.69, 9.17) is 9.47 Å². The van der Waals surface area contributed by atoms with Crippen LogP contribution >= 0.6 is 15.9 Å². The fourth-order valence-electron chi connectivity index (χ4n) is 1.87. The highest BCUT2D eigenvalue weighted by molar-refractivity contribution is 9.10. The minimum Gasteiger partial charge on any atom is -0.493 e. The summed E-state index contributed by atoms with van der Waals surface area (Å²) in [6.45, 7) is 0.682. The van der Waals surface area contributed by atoms with Crippen LogP contribution in [0.1, 0.15) is 12.0 Å². The number of halogens is 1. The molecule has 0 aromatic heterocycles. The Morgan fingerprint density at radius 3 is 2.53 bits per heavy atom. The predicted octanol–water partition coefficient (Wildman–Crippen LogP) is 4.47. The molecule has 0 bridgehead atoms. The van der Waals surface area contributed by atoms with Gasteiger partial charge < -0.3 is 9.47 Å². The van der Waals surface area contributed by atoms with Gasteiger partial charge in [-0.05, 0) is 36.6 Å². The molecule has 0 radical (unpaired) electrons. The van der Waals surface area contributed by atoms with Crippen LogP contribution in [-0.2, 0) is 6.42 Å². The number of methoxy groups -OCH3 is 1. The van der Waals surface area contributed by atoms with Crippen molar-refractivity contribution in [2.24, 2.45) is 0 Å². The Morgan fingerprint density at radius 1 is 1.00 bits per heavy atom. The lowest BCUT2D eigenvalue weighted by Gasteiger charge is -2.11. The average Bonchev–Trinajstić information content (AvgIpc) is 2.45. The van der Waals surface area contributed by atoms with E-state index in [2.05, 4.69) is 40.2 Å². The summed E-state index contributed by atoms with van der Waals surface area (Å²) in [5, 5.41) is 0. The molecule has 2 aromatic rings. The molecule has 19 heavy (non-hydrogen) atoms. The lowest BCUT2D eigenvalue weighted by atomic mass is 10.1. The van der Waals surface area contributed by atoms with Crippen molar-refractivity contribution >= 4 is 15.9 Å². The third-order valence-corrected chi connectivity index (χ3v) is 3.33. The summed E-state index contributed by atoms with van der Waals surface area (Å²) < 4.78 is 12.0. The maximum Gasteiger partial charge on any atom is 0.162 e. The van der Waals surface area contributed by atoms with Crippen LogP contribution in [0.15, 0.2) is 53.0 Å².